The summed E-state index contributed by atoms with van der Waals surface area (Å²) in [5, 5.41) is 5.26. The molecular weight excluding hydrogens is 390 g/mol. The minimum absolute atomic E-state index is 0.348. The third kappa shape index (κ3) is 4.93. The Hall–Kier alpha value is -1.01. The lowest BCUT2D eigenvalue weighted by molar-refractivity contribution is -0.0760. The van der Waals surface area contributed by atoms with Crippen molar-refractivity contribution in [2.75, 3.05) is 25.2 Å². The molecule has 2 aromatic rings. The van der Waals surface area contributed by atoms with Gasteiger partial charge in [-0.05, 0) is 62.1 Å². The van der Waals surface area contributed by atoms with Crippen molar-refractivity contribution in [3.8, 4) is 0 Å². The van der Waals surface area contributed by atoms with Crippen molar-refractivity contribution < 1.29 is 4.74 Å². The standard InChI is InChI=1S/C22H30ClN3OS/c1-28-16-22-14-25(19-7-9-20(10-8-19)26-12-2-11-24-26)21(15-27-22)13-17-3-5-18(23)6-4-17/h2-6,11-12,19-22H,7-10,13-16H2,1H3. The molecule has 0 radical (unpaired) electrons. The first kappa shape index (κ1) is 20.3. The maximum absolute atomic E-state index is 6.23. The number of hydrogen-bond acceptors (Lipinski definition) is 4. The first-order valence-corrected chi connectivity index (χ1v) is 12.1. The van der Waals surface area contributed by atoms with E-state index in [9.17, 15) is 0 Å². The van der Waals surface area contributed by atoms with Gasteiger partial charge in [0.15, 0.2) is 0 Å². The zero-order chi connectivity index (χ0) is 19.3. The van der Waals surface area contributed by atoms with Crippen molar-refractivity contribution in [1.82, 2.24) is 14.7 Å². The van der Waals surface area contributed by atoms with E-state index in [2.05, 4.69) is 39.3 Å². The summed E-state index contributed by atoms with van der Waals surface area (Å²) in [7, 11) is 0. The highest BCUT2D eigenvalue weighted by atomic mass is 35.5. The van der Waals surface area contributed by atoms with Gasteiger partial charge in [-0.15, -0.1) is 0 Å². The van der Waals surface area contributed by atoms with Crippen LogP contribution in [-0.4, -0.2) is 58.0 Å². The van der Waals surface area contributed by atoms with Crippen LogP contribution in [0.15, 0.2) is 42.7 Å². The fraction of sp³-hybridized carbons (Fsp3) is 0.591. The second-order valence-corrected chi connectivity index (χ2v) is 9.39. The zero-order valence-electron chi connectivity index (χ0n) is 16.5. The maximum atomic E-state index is 6.23. The summed E-state index contributed by atoms with van der Waals surface area (Å²) in [5.74, 6) is 1.08. The van der Waals surface area contributed by atoms with E-state index >= 15 is 0 Å². The monoisotopic (exact) mass is 419 g/mol. The summed E-state index contributed by atoms with van der Waals surface area (Å²) in [6.45, 7) is 1.88. The van der Waals surface area contributed by atoms with Crippen LogP contribution in [0.2, 0.25) is 5.02 Å². The molecule has 2 atom stereocenters. The van der Waals surface area contributed by atoms with Crippen molar-refractivity contribution in [2.45, 2.75) is 56.3 Å². The maximum Gasteiger partial charge on any atom is 0.0793 e. The average Bonchev–Trinajstić information content (AvgIpc) is 3.26. The quantitative estimate of drug-likeness (QED) is 0.679. The molecule has 2 unspecified atom stereocenters. The number of benzene rings is 1. The largest absolute Gasteiger partial charge is 0.374 e. The van der Waals surface area contributed by atoms with Gasteiger partial charge in [-0.2, -0.15) is 16.9 Å². The van der Waals surface area contributed by atoms with E-state index < -0.39 is 0 Å². The highest BCUT2D eigenvalue weighted by molar-refractivity contribution is 7.98. The Morgan fingerprint density at radius 1 is 1.14 bits per heavy atom. The van der Waals surface area contributed by atoms with Gasteiger partial charge in [0.25, 0.3) is 0 Å². The Morgan fingerprint density at radius 2 is 1.89 bits per heavy atom. The van der Waals surface area contributed by atoms with E-state index in [1.807, 2.05) is 36.2 Å². The summed E-state index contributed by atoms with van der Waals surface area (Å²) in [6.07, 6.45) is 12.5. The molecule has 0 spiro atoms. The van der Waals surface area contributed by atoms with Gasteiger partial charge in [0, 0.05) is 41.8 Å². The Balaban J connectivity index is 1.42. The predicted octanol–water partition coefficient (Wildman–Crippen LogP) is 4.70. The molecular formula is C22H30ClN3OS. The number of ether oxygens (including phenoxy) is 1. The Kier molecular flexibility index (Phi) is 6.99. The lowest BCUT2D eigenvalue weighted by Gasteiger charge is -2.46. The topological polar surface area (TPSA) is 30.3 Å². The van der Waals surface area contributed by atoms with Gasteiger partial charge in [0.2, 0.25) is 0 Å². The number of morpholine rings is 1. The summed E-state index contributed by atoms with van der Waals surface area (Å²) >= 11 is 7.95. The van der Waals surface area contributed by atoms with Crippen molar-refractivity contribution in [3.05, 3.63) is 53.3 Å². The van der Waals surface area contributed by atoms with Crippen LogP contribution in [0.3, 0.4) is 0 Å². The molecule has 2 fully saturated rings. The number of aromatic nitrogens is 2. The normalized spacial score (nSPS) is 29.1. The molecule has 0 N–H and O–H groups in total. The molecule has 1 saturated carbocycles. The van der Waals surface area contributed by atoms with Crippen LogP contribution in [0.1, 0.15) is 37.3 Å². The van der Waals surface area contributed by atoms with E-state index in [1.165, 1.54) is 31.2 Å². The van der Waals surface area contributed by atoms with Gasteiger partial charge in [0.05, 0.1) is 18.8 Å². The molecule has 1 aromatic carbocycles. The smallest absolute Gasteiger partial charge is 0.0793 e. The van der Waals surface area contributed by atoms with Gasteiger partial charge in [0.1, 0.15) is 0 Å². The van der Waals surface area contributed by atoms with Crippen molar-refractivity contribution in [1.29, 1.82) is 0 Å². The van der Waals surface area contributed by atoms with Crippen LogP contribution in [0.4, 0.5) is 0 Å². The van der Waals surface area contributed by atoms with Crippen LogP contribution in [0.5, 0.6) is 0 Å². The highest BCUT2D eigenvalue weighted by Crippen LogP contribution is 2.33. The van der Waals surface area contributed by atoms with E-state index in [4.69, 9.17) is 16.3 Å². The lowest BCUT2D eigenvalue weighted by atomic mass is 9.88. The fourth-order valence-corrected chi connectivity index (χ4v) is 5.43. The second kappa shape index (κ2) is 9.66. The van der Waals surface area contributed by atoms with Crippen LogP contribution in [-0.2, 0) is 11.2 Å². The summed E-state index contributed by atoms with van der Waals surface area (Å²) in [5.41, 5.74) is 1.34. The molecule has 1 aliphatic heterocycles. The van der Waals surface area contributed by atoms with Crippen molar-refractivity contribution in [3.63, 3.8) is 0 Å². The van der Waals surface area contributed by atoms with Crippen LogP contribution >= 0.6 is 23.4 Å². The number of rotatable bonds is 6. The van der Waals surface area contributed by atoms with Gasteiger partial charge in [-0.1, -0.05) is 23.7 Å². The molecule has 6 heteroatoms. The lowest BCUT2D eigenvalue weighted by Crippen LogP contribution is -2.56. The molecule has 0 amide bonds. The molecule has 152 valence electrons. The van der Waals surface area contributed by atoms with Gasteiger partial charge < -0.3 is 4.74 Å². The number of thioether (sulfide) groups is 1. The van der Waals surface area contributed by atoms with E-state index in [1.54, 1.807) is 0 Å². The number of halogens is 1. The van der Waals surface area contributed by atoms with Gasteiger partial charge in [-0.3, -0.25) is 9.58 Å². The zero-order valence-corrected chi connectivity index (χ0v) is 18.1. The van der Waals surface area contributed by atoms with Gasteiger partial charge in [-0.25, -0.2) is 0 Å². The molecule has 0 bridgehead atoms. The van der Waals surface area contributed by atoms with E-state index in [-0.39, 0.29) is 0 Å². The Bertz CT molecular complexity index is 716. The van der Waals surface area contributed by atoms with E-state index in [0.717, 1.165) is 30.3 Å². The van der Waals surface area contributed by atoms with Crippen LogP contribution in [0.25, 0.3) is 0 Å². The van der Waals surface area contributed by atoms with Crippen molar-refractivity contribution in [2.24, 2.45) is 0 Å². The SMILES string of the molecule is CSCC1CN(C2CCC(n3cccn3)CC2)C(Cc2ccc(Cl)cc2)CO1. The highest BCUT2D eigenvalue weighted by Gasteiger charge is 2.35. The molecule has 1 aliphatic carbocycles. The summed E-state index contributed by atoms with van der Waals surface area (Å²) in [4.78, 5) is 2.76. The Labute approximate surface area is 177 Å². The molecule has 2 heterocycles. The van der Waals surface area contributed by atoms with E-state index in [0.29, 0.717) is 24.2 Å². The first-order valence-electron chi connectivity index (χ1n) is 10.3. The first-order chi connectivity index (χ1) is 13.7. The minimum Gasteiger partial charge on any atom is -0.374 e. The third-order valence-corrected chi connectivity index (χ3v) is 7.14. The van der Waals surface area contributed by atoms with Gasteiger partial charge >= 0.3 is 0 Å². The predicted molar refractivity (Wildman–Crippen MR) is 117 cm³/mol. The van der Waals surface area contributed by atoms with Crippen LogP contribution in [0, 0.1) is 0 Å². The molecule has 1 saturated heterocycles. The van der Waals surface area contributed by atoms with Crippen LogP contribution < -0.4 is 0 Å². The molecule has 4 nitrogen and oxygen atoms in total. The second-order valence-electron chi connectivity index (χ2n) is 8.04. The van der Waals surface area contributed by atoms with Crippen molar-refractivity contribution >= 4 is 23.4 Å². The molecule has 28 heavy (non-hydrogen) atoms. The third-order valence-electron chi connectivity index (χ3n) is 6.18. The number of hydrogen-bond donors (Lipinski definition) is 0. The molecule has 1 aromatic heterocycles. The summed E-state index contributed by atoms with van der Waals surface area (Å²) < 4.78 is 8.38. The molecule has 4 rings (SSSR count). The Morgan fingerprint density at radius 3 is 2.57 bits per heavy atom. The minimum atomic E-state index is 0.348. The summed E-state index contributed by atoms with van der Waals surface area (Å²) in [6, 6.07) is 12.0. The number of nitrogens with zero attached hydrogens (tertiary/aromatic N) is 3. The molecule has 2 aliphatic rings. The fourth-order valence-electron chi connectivity index (χ4n) is 4.73. The average molecular weight is 420 g/mol.